The second-order valence-corrected chi connectivity index (χ2v) is 11.6. The molecular formula is C24H33F2NOS. The molecule has 4 saturated carbocycles. The number of aromatic nitrogens is 1. The van der Waals surface area contributed by atoms with Crippen molar-refractivity contribution in [1.29, 1.82) is 0 Å². The average molecular weight is 422 g/mol. The highest BCUT2D eigenvalue weighted by molar-refractivity contribution is 7.09. The van der Waals surface area contributed by atoms with Gasteiger partial charge in [-0.05, 0) is 92.8 Å². The SMILES string of the molecule is CC12CCC3C4CCC(C(F)F)CC4CCC3C1CCC2C(=O)Cc1nccs1. The Hall–Kier alpha value is -0.840. The van der Waals surface area contributed by atoms with Crippen LogP contribution in [0, 0.1) is 46.8 Å². The lowest BCUT2D eigenvalue weighted by Gasteiger charge is -2.56. The number of thiazole rings is 1. The van der Waals surface area contributed by atoms with Gasteiger partial charge in [0, 0.05) is 23.4 Å². The molecule has 4 aliphatic carbocycles. The third kappa shape index (κ3) is 3.40. The van der Waals surface area contributed by atoms with Gasteiger partial charge in [0.05, 0.1) is 11.4 Å². The Morgan fingerprint density at radius 3 is 2.72 bits per heavy atom. The predicted octanol–water partition coefficient (Wildman–Crippen LogP) is 6.40. The van der Waals surface area contributed by atoms with Gasteiger partial charge in [0.15, 0.2) is 0 Å². The first-order valence-electron chi connectivity index (χ1n) is 11.7. The Kier molecular flexibility index (Phi) is 5.33. The lowest BCUT2D eigenvalue weighted by Crippen LogP contribution is -2.49. The van der Waals surface area contributed by atoms with E-state index in [1.54, 1.807) is 17.5 Å². The van der Waals surface area contributed by atoms with Gasteiger partial charge in [-0.3, -0.25) is 4.79 Å². The average Bonchev–Trinajstić information content (AvgIpc) is 3.34. The number of fused-ring (bicyclic) bond motifs is 5. The molecule has 5 rings (SSSR count). The van der Waals surface area contributed by atoms with Crippen LogP contribution in [0.3, 0.4) is 0 Å². The Morgan fingerprint density at radius 2 is 1.97 bits per heavy atom. The highest BCUT2D eigenvalue weighted by Crippen LogP contribution is 2.64. The van der Waals surface area contributed by atoms with Crippen LogP contribution < -0.4 is 0 Å². The van der Waals surface area contributed by atoms with Crippen molar-refractivity contribution < 1.29 is 13.6 Å². The molecule has 1 aromatic heterocycles. The summed E-state index contributed by atoms with van der Waals surface area (Å²) >= 11 is 1.59. The van der Waals surface area contributed by atoms with Crippen LogP contribution in [0.15, 0.2) is 11.6 Å². The molecule has 5 heteroatoms. The Balaban J connectivity index is 1.30. The van der Waals surface area contributed by atoms with Gasteiger partial charge in [-0.2, -0.15) is 0 Å². The van der Waals surface area contributed by atoms with Crippen LogP contribution in [0.1, 0.15) is 69.7 Å². The quantitative estimate of drug-likeness (QED) is 0.563. The van der Waals surface area contributed by atoms with E-state index in [1.165, 1.54) is 19.3 Å². The number of ketones is 1. The van der Waals surface area contributed by atoms with Crippen molar-refractivity contribution in [2.75, 3.05) is 0 Å². The number of hydrogen-bond acceptors (Lipinski definition) is 3. The third-order valence-electron chi connectivity index (χ3n) is 9.55. The first-order valence-corrected chi connectivity index (χ1v) is 12.5. The van der Waals surface area contributed by atoms with E-state index >= 15 is 0 Å². The zero-order valence-electron chi connectivity index (χ0n) is 17.4. The van der Waals surface area contributed by atoms with Gasteiger partial charge >= 0.3 is 0 Å². The number of carbonyl (C=O) groups is 1. The molecule has 8 unspecified atom stereocenters. The number of Topliss-reactive ketones (excluding diaryl/α,β-unsaturated/α-hetero) is 1. The lowest BCUT2D eigenvalue weighted by molar-refractivity contribution is -0.130. The molecule has 0 aromatic carbocycles. The van der Waals surface area contributed by atoms with Crippen LogP contribution in [-0.4, -0.2) is 17.2 Å². The molecule has 1 heterocycles. The smallest absolute Gasteiger partial charge is 0.241 e. The minimum atomic E-state index is -2.14. The normalized spacial score (nSPS) is 44.2. The largest absolute Gasteiger partial charge is 0.299 e. The fraction of sp³-hybridized carbons (Fsp3) is 0.833. The van der Waals surface area contributed by atoms with Crippen molar-refractivity contribution in [3.8, 4) is 0 Å². The van der Waals surface area contributed by atoms with Gasteiger partial charge in [0.2, 0.25) is 6.43 Å². The van der Waals surface area contributed by atoms with E-state index in [-0.39, 0.29) is 17.3 Å². The molecule has 2 nitrogen and oxygen atoms in total. The molecule has 0 amide bonds. The standard InChI is InChI=1S/C24H33F2NOS/c1-24-9-8-17-16-4-3-15(23(25)26)12-14(16)2-5-18(17)19(24)6-7-20(24)21(28)13-22-27-10-11-29-22/h10-11,14-20,23H,2-9,12-13H2,1H3. The van der Waals surface area contributed by atoms with E-state index in [9.17, 15) is 13.6 Å². The van der Waals surface area contributed by atoms with Crippen molar-refractivity contribution >= 4 is 17.1 Å². The highest BCUT2D eigenvalue weighted by atomic mass is 32.1. The summed E-state index contributed by atoms with van der Waals surface area (Å²) < 4.78 is 26.5. The zero-order chi connectivity index (χ0) is 20.2. The van der Waals surface area contributed by atoms with Crippen LogP contribution in [0.25, 0.3) is 0 Å². The third-order valence-corrected chi connectivity index (χ3v) is 10.3. The van der Waals surface area contributed by atoms with Crippen molar-refractivity contribution in [3.63, 3.8) is 0 Å². The first-order chi connectivity index (χ1) is 14.0. The molecule has 0 spiro atoms. The Bertz CT molecular complexity index is 737. The number of hydrogen-bond donors (Lipinski definition) is 0. The molecule has 29 heavy (non-hydrogen) atoms. The molecule has 4 aliphatic rings. The number of halogens is 2. The maximum Gasteiger partial charge on any atom is 0.241 e. The van der Waals surface area contributed by atoms with E-state index in [1.807, 2.05) is 5.38 Å². The van der Waals surface area contributed by atoms with Gasteiger partial charge < -0.3 is 0 Å². The Morgan fingerprint density at radius 1 is 1.14 bits per heavy atom. The van der Waals surface area contributed by atoms with Crippen LogP contribution in [0.2, 0.25) is 0 Å². The molecule has 160 valence electrons. The maximum absolute atomic E-state index is 13.3. The van der Waals surface area contributed by atoms with Crippen LogP contribution >= 0.6 is 11.3 Å². The van der Waals surface area contributed by atoms with E-state index in [4.69, 9.17) is 0 Å². The number of carbonyl (C=O) groups excluding carboxylic acids is 1. The second-order valence-electron chi connectivity index (χ2n) is 10.6. The second kappa shape index (κ2) is 7.69. The lowest BCUT2D eigenvalue weighted by atomic mass is 9.49. The van der Waals surface area contributed by atoms with Gasteiger partial charge in [0.25, 0.3) is 0 Å². The van der Waals surface area contributed by atoms with E-state index in [0.29, 0.717) is 30.0 Å². The summed E-state index contributed by atoms with van der Waals surface area (Å²) in [5.74, 6) is 3.50. The summed E-state index contributed by atoms with van der Waals surface area (Å²) in [4.78, 5) is 17.5. The van der Waals surface area contributed by atoms with E-state index < -0.39 is 6.43 Å². The van der Waals surface area contributed by atoms with Crippen molar-refractivity contribution in [1.82, 2.24) is 4.98 Å². The Labute approximate surface area is 176 Å². The molecule has 0 saturated heterocycles. The molecule has 0 radical (unpaired) electrons. The minimum Gasteiger partial charge on any atom is -0.299 e. The monoisotopic (exact) mass is 421 g/mol. The van der Waals surface area contributed by atoms with Gasteiger partial charge in [-0.15, -0.1) is 11.3 Å². The molecule has 0 N–H and O–H groups in total. The summed E-state index contributed by atoms with van der Waals surface area (Å²) in [5.41, 5.74) is 0.141. The summed E-state index contributed by atoms with van der Waals surface area (Å²) in [6.45, 7) is 2.39. The fourth-order valence-corrected chi connectivity index (χ4v) is 8.89. The number of nitrogens with zero attached hydrogens (tertiary/aromatic N) is 1. The molecule has 4 fully saturated rings. The van der Waals surface area contributed by atoms with Crippen LogP contribution in [-0.2, 0) is 11.2 Å². The summed E-state index contributed by atoms with van der Waals surface area (Å²) in [7, 11) is 0. The molecular weight excluding hydrogens is 388 g/mol. The molecule has 0 aliphatic heterocycles. The number of alkyl halides is 2. The van der Waals surface area contributed by atoms with Gasteiger partial charge in [-0.25, -0.2) is 13.8 Å². The van der Waals surface area contributed by atoms with Gasteiger partial charge in [0.1, 0.15) is 5.78 Å². The summed E-state index contributed by atoms with van der Waals surface area (Å²) in [6.07, 6.45) is 9.56. The fourth-order valence-electron chi connectivity index (χ4n) is 8.26. The molecule has 8 atom stereocenters. The maximum atomic E-state index is 13.3. The van der Waals surface area contributed by atoms with Crippen molar-refractivity contribution in [2.24, 2.45) is 46.8 Å². The summed E-state index contributed by atoms with van der Waals surface area (Å²) in [5, 5.41) is 2.90. The number of rotatable bonds is 4. The van der Waals surface area contributed by atoms with Crippen LogP contribution in [0.5, 0.6) is 0 Å². The predicted molar refractivity (Wildman–Crippen MR) is 111 cm³/mol. The van der Waals surface area contributed by atoms with Crippen LogP contribution in [0.4, 0.5) is 8.78 Å². The van der Waals surface area contributed by atoms with E-state index in [2.05, 4.69) is 11.9 Å². The van der Waals surface area contributed by atoms with E-state index in [0.717, 1.165) is 55.4 Å². The van der Waals surface area contributed by atoms with Gasteiger partial charge in [-0.1, -0.05) is 6.92 Å². The first kappa shape index (κ1) is 20.1. The van der Waals surface area contributed by atoms with Crippen molar-refractivity contribution in [2.45, 2.75) is 77.6 Å². The topological polar surface area (TPSA) is 30.0 Å². The summed E-state index contributed by atoms with van der Waals surface area (Å²) in [6, 6.07) is 0. The molecule has 1 aromatic rings. The molecule has 0 bridgehead atoms. The highest BCUT2D eigenvalue weighted by Gasteiger charge is 2.58. The van der Waals surface area contributed by atoms with Crippen molar-refractivity contribution in [3.05, 3.63) is 16.6 Å². The zero-order valence-corrected chi connectivity index (χ0v) is 18.2. The minimum absolute atomic E-state index is 0.141.